The number of hydrogen-bond donors (Lipinski definition) is 1. The molecule has 1 amide bonds. The van der Waals surface area contributed by atoms with E-state index >= 15 is 0 Å². The van der Waals surface area contributed by atoms with Crippen LogP contribution in [0, 0.1) is 22.9 Å². The largest absolute Gasteiger partial charge is 0.507 e. The molecule has 2 heterocycles. The number of nitro benzene ring substituents is 1. The summed E-state index contributed by atoms with van der Waals surface area (Å²) in [5, 5.41) is 31.7. The number of Topliss-reactive ketones (excluding diaryl/α,β-unsaturated/α-hetero) is 1. The average Bonchev–Trinajstić information content (AvgIpc) is 3.51. The second kappa shape index (κ2) is 11.6. The van der Waals surface area contributed by atoms with Crippen LogP contribution < -0.4 is 4.90 Å². The van der Waals surface area contributed by atoms with Gasteiger partial charge in [-0.05, 0) is 53.9 Å². The van der Waals surface area contributed by atoms with Crippen molar-refractivity contribution in [3.05, 3.63) is 114 Å². The third-order valence-electron chi connectivity index (χ3n) is 6.28. The number of anilines is 1. The Kier molecular flexibility index (Phi) is 8.09. The predicted octanol–water partition coefficient (Wildman–Crippen LogP) is 7.12. The minimum Gasteiger partial charge on any atom is -0.507 e. The predicted molar refractivity (Wildman–Crippen MR) is 155 cm³/mol. The number of carbonyl (C=O) groups excluding carboxylic acids is 2. The molecule has 1 unspecified atom stereocenters. The van der Waals surface area contributed by atoms with E-state index in [1.165, 1.54) is 48.2 Å². The van der Waals surface area contributed by atoms with E-state index in [-0.39, 0.29) is 22.0 Å². The van der Waals surface area contributed by atoms with Crippen molar-refractivity contribution in [2.24, 2.45) is 0 Å². The number of benzene rings is 3. The molecule has 41 heavy (non-hydrogen) atoms. The van der Waals surface area contributed by atoms with Gasteiger partial charge in [0.25, 0.3) is 11.5 Å². The minimum absolute atomic E-state index is 0.00800. The molecule has 0 saturated carbocycles. The summed E-state index contributed by atoms with van der Waals surface area (Å²) in [6.07, 6.45) is 0. The van der Waals surface area contributed by atoms with Gasteiger partial charge < -0.3 is 5.11 Å². The molecule has 1 atom stereocenters. The number of ketones is 1. The van der Waals surface area contributed by atoms with Gasteiger partial charge in [0.05, 0.1) is 16.5 Å². The first-order valence-corrected chi connectivity index (χ1v) is 14.3. The third-order valence-corrected chi connectivity index (χ3v) is 8.97. The topological polar surface area (TPSA) is 127 Å². The highest BCUT2D eigenvalue weighted by atomic mass is 35.5. The van der Waals surface area contributed by atoms with Crippen molar-refractivity contribution in [2.75, 3.05) is 4.90 Å². The normalized spacial score (nSPS) is 16.4. The summed E-state index contributed by atoms with van der Waals surface area (Å²) in [6.45, 7) is 1.54. The molecule has 1 aromatic heterocycles. The van der Waals surface area contributed by atoms with Gasteiger partial charge in [-0.2, -0.15) is 0 Å². The van der Waals surface area contributed by atoms with Crippen LogP contribution in [0.2, 0.25) is 10.0 Å². The zero-order chi connectivity index (χ0) is 29.4. The fourth-order valence-corrected chi connectivity index (χ4v) is 6.58. The molecule has 1 aliphatic heterocycles. The van der Waals surface area contributed by atoms with E-state index in [1.54, 1.807) is 25.1 Å². The van der Waals surface area contributed by atoms with Gasteiger partial charge in [0.2, 0.25) is 5.13 Å². The number of carbonyl (C=O) groups is 2. The van der Waals surface area contributed by atoms with E-state index in [0.717, 1.165) is 27.9 Å². The highest BCUT2D eigenvalue weighted by molar-refractivity contribution is 8.00. The first-order valence-electron chi connectivity index (χ1n) is 11.8. The second-order valence-corrected chi connectivity index (χ2v) is 11.9. The maximum absolute atomic E-state index is 14.3. The molecule has 208 valence electrons. The quantitative estimate of drug-likeness (QED) is 0.0435. The molecule has 0 aliphatic carbocycles. The molecule has 0 spiro atoms. The Morgan fingerprint density at radius 1 is 1.12 bits per heavy atom. The van der Waals surface area contributed by atoms with Gasteiger partial charge in [-0.15, -0.1) is 10.2 Å². The molecule has 0 bridgehead atoms. The lowest BCUT2D eigenvalue weighted by Gasteiger charge is -2.22. The van der Waals surface area contributed by atoms with Crippen molar-refractivity contribution in [2.45, 2.75) is 23.1 Å². The molecule has 0 radical (unpaired) electrons. The fourth-order valence-electron chi connectivity index (χ4n) is 4.16. The van der Waals surface area contributed by atoms with Crippen LogP contribution in [-0.2, 0) is 15.3 Å². The third kappa shape index (κ3) is 5.68. The summed E-state index contributed by atoms with van der Waals surface area (Å²) in [6, 6.07) is 13.0. The Hall–Kier alpha value is -3.84. The molecular weight excluding hydrogens is 614 g/mol. The van der Waals surface area contributed by atoms with Crippen LogP contribution in [0.25, 0.3) is 5.76 Å². The van der Waals surface area contributed by atoms with Crippen LogP contribution in [0.15, 0.2) is 70.6 Å². The van der Waals surface area contributed by atoms with Crippen molar-refractivity contribution in [1.29, 1.82) is 0 Å². The van der Waals surface area contributed by atoms with Gasteiger partial charge in [0.1, 0.15) is 11.6 Å². The highest BCUT2D eigenvalue weighted by Gasteiger charge is 2.48. The monoisotopic (exact) mass is 630 g/mol. The summed E-state index contributed by atoms with van der Waals surface area (Å²) >= 11 is 14.6. The van der Waals surface area contributed by atoms with Crippen molar-refractivity contribution in [3.8, 4) is 0 Å². The molecule has 5 rings (SSSR count). The van der Waals surface area contributed by atoms with Crippen molar-refractivity contribution in [1.82, 2.24) is 10.2 Å². The number of thioether (sulfide) groups is 1. The number of rotatable bonds is 7. The van der Waals surface area contributed by atoms with Crippen LogP contribution in [0.1, 0.15) is 28.3 Å². The van der Waals surface area contributed by atoms with Gasteiger partial charge in [0.15, 0.2) is 4.34 Å². The molecule has 4 aromatic rings. The van der Waals surface area contributed by atoms with E-state index < -0.39 is 34.2 Å². The maximum atomic E-state index is 14.3. The van der Waals surface area contributed by atoms with E-state index in [2.05, 4.69) is 10.2 Å². The molecule has 9 nitrogen and oxygen atoms in total. The number of amides is 1. The fraction of sp³-hybridized carbons (Fsp3) is 0.111. The van der Waals surface area contributed by atoms with Gasteiger partial charge in [-0.3, -0.25) is 24.6 Å². The van der Waals surface area contributed by atoms with Crippen LogP contribution in [0.4, 0.5) is 15.2 Å². The lowest BCUT2D eigenvalue weighted by Crippen LogP contribution is -2.29. The Bertz CT molecular complexity index is 1750. The van der Waals surface area contributed by atoms with Crippen LogP contribution >= 0.6 is 46.3 Å². The van der Waals surface area contributed by atoms with Crippen molar-refractivity contribution >= 4 is 74.6 Å². The van der Waals surface area contributed by atoms with Crippen molar-refractivity contribution < 1.29 is 24.0 Å². The van der Waals surface area contributed by atoms with E-state index in [0.29, 0.717) is 31.3 Å². The number of aryl methyl sites for hydroxylation is 1. The van der Waals surface area contributed by atoms with Gasteiger partial charge in [-0.25, -0.2) is 4.39 Å². The van der Waals surface area contributed by atoms with Crippen LogP contribution in [-0.4, -0.2) is 31.9 Å². The van der Waals surface area contributed by atoms with Gasteiger partial charge in [-0.1, -0.05) is 64.5 Å². The maximum Gasteiger partial charge on any atom is 0.301 e. The average molecular weight is 631 g/mol. The van der Waals surface area contributed by atoms with E-state index in [9.17, 15) is 29.2 Å². The standard InChI is InChI=1S/C27H17Cl2FN4O5S2/c1-13-2-3-15(10-20(13)30)23(35)21-22(14-5-8-18(9-6-14)34(38)39)33(25(37)24(21)36)26-31-32-27(41-26)40-12-16-4-7-17(28)11-19(16)29/h2-11,22,35H,12H2,1H3/b23-21+. The van der Waals surface area contributed by atoms with E-state index in [1.807, 2.05) is 0 Å². The number of nitro groups is 1. The number of hydrogen-bond acceptors (Lipinski definition) is 9. The SMILES string of the molecule is Cc1ccc(/C(O)=C2\C(=O)C(=O)N(c3nnc(SCc4ccc(Cl)cc4Cl)s3)C2c2ccc([N+](=O)[O-])cc2)cc1F. The minimum atomic E-state index is -1.21. The lowest BCUT2D eigenvalue weighted by molar-refractivity contribution is -0.384. The number of aliphatic hydroxyl groups excluding tert-OH is 1. The Balaban J connectivity index is 1.55. The molecule has 1 fully saturated rings. The zero-order valence-electron chi connectivity index (χ0n) is 20.9. The molecule has 14 heteroatoms. The van der Waals surface area contributed by atoms with Crippen LogP contribution in [0.3, 0.4) is 0 Å². The molecule has 1 aliphatic rings. The van der Waals surface area contributed by atoms with Gasteiger partial charge in [0, 0.05) is 33.5 Å². The second-order valence-electron chi connectivity index (χ2n) is 8.86. The Morgan fingerprint density at radius 3 is 2.51 bits per heavy atom. The summed E-state index contributed by atoms with van der Waals surface area (Å²) in [5.74, 6) is -2.79. The molecule has 3 aromatic carbocycles. The number of halogens is 3. The number of non-ortho nitro benzene ring substituents is 1. The Labute approximate surface area is 250 Å². The first-order chi connectivity index (χ1) is 19.5. The summed E-state index contributed by atoms with van der Waals surface area (Å²) in [7, 11) is 0. The Morgan fingerprint density at radius 2 is 1.85 bits per heavy atom. The molecule has 1 N–H and O–H groups in total. The molecular formula is C27H17Cl2FN4O5S2. The van der Waals surface area contributed by atoms with Crippen molar-refractivity contribution in [3.63, 3.8) is 0 Å². The highest BCUT2D eigenvalue weighted by Crippen LogP contribution is 2.44. The lowest BCUT2D eigenvalue weighted by atomic mass is 9.95. The van der Waals surface area contributed by atoms with Crippen LogP contribution in [0.5, 0.6) is 0 Å². The summed E-state index contributed by atoms with van der Waals surface area (Å²) in [4.78, 5) is 38.4. The number of nitrogens with zero attached hydrogens (tertiary/aromatic N) is 4. The summed E-state index contributed by atoms with van der Waals surface area (Å²) < 4.78 is 14.8. The summed E-state index contributed by atoms with van der Waals surface area (Å²) in [5.41, 5.74) is 0.890. The smallest absolute Gasteiger partial charge is 0.301 e. The number of aliphatic hydroxyl groups is 1. The van der Waals surface area contributed by atoms with Gasteiger partial charge >= 0.3 is 5.91 Å². The number of aromatic nitrogens is 2. The van der Waals surface area contributed by atoms with E-state index in [4.69, 9.17) is 23.2 Å². The first kappa shape index (κ1) is 28.7. The zero-order valence-corrected chi connectivity index (χ0v) is 24.0. The molecule has 1 saturated heterocycles.